The van der Waals surface area contributed by atoms with Gasteiger partial charge < -0.3 is 9.84 Å². The Balaban J connectivity index is 1.98. The van der Waals surface area contributed by atoms with Crippen molar-refractivity contribution in [1.82, 2.24) is 0 Å². The zero-order valence-corrected chi connectivity index (χ0v) is 18.0. The highest BCUT2D eigenvalue weighted by Gasteiger charge is 2.16. The number of allylic oxidation sites excluding steroid dienone is 1. The molecule has 0 fully saturated rings. The molecule has 1 aromatic carbocycles. The van der Waals surface area contributed by atoms with Gasteiger partial charge in [-0.05, 0) is 31.4 Å². The molecule has 1 rings (SSSR count). The molecule has 0 spiro atoms. The number of carboxylic acid groups (broad SMARTS) is 1. The van der Waals surface area contributed by atoms with Crippen molar-refractivity contribution in [3.05, 3.63) is 47.5 Å². The van der Waals surface area contributed by atoms with Crippen LogP contribution in [0, 0.1) is 0 Å². The quantitative estimate of drug-likeness (QED) is 0.170. The van der Waals surface area contributed by atoms with E-state index in [9.17, 15) is 9.59 Å². The van der Waals surface area contributed by atoms with Gasteiger partial charge in [0.15, 0.2) is 0 Å². The lowest BCUT2D eigenvalue weighted by Crippen LogP contribution is -2.11. The predicted octanol–water partition coefficient (Wildman–Crippen LogP) is 7.19. The minimum Gasteiger partial charge on any atom is -0.478 e. The lowest BCUT2D eigenvalue weighted by atomic mass is 10.1. The summed E-state index contributed by atoms with van der Waals surface area (Å²) in [6, 6.07) is 6.12. The number of esters is 1. The summed E-state index contributed by atoms with van der Waals surface area (Å²) in [6.45, 7) is 2.52. The second-order valence-electron chi connectivity index (χ2n) is 7.57. The van der Waals surface area contributed by atoms with Gasteiger partial charge in [0.25, 0.3) is 0 Å². The Labute approximate surface area is 176 Å². The van der Waals surface area contributed by atoms with Crippen LogP contribution in [-0.4, -0.2) is 23.7 Å². The number of hydrogen-bond acceptors (Lipinski definition) is 3. The van der Waals surface area contributed by atoms with Gasteiger partial charge >= 0.3 is 11.9 Å². The van der Waals surface area contributed by atoms with Crippen LogP contribution in [0.1, 0.15) is 111 Å². The molecule has 0 unspecified atom stereocenters. The van der Waals surface area contributed by atoms with E-state index in [-0.39, 0.29) is 17.7 Å². The molecule has 0 atom stereocenters. The van der Waals surface area contributed by atoms with Gasteiger partial charge in [-0.15, -0.1) is 0 Å². The molecule has 162 valence electrons. The minimum atomic E-state index is -1.12. The molecule has 29 heavy (non-hydrogen) atoms. The molecule has 0 aromatic heterocycles. The highest BCUT2D eigenvalue weighted by Crippen LogP contribution is 2.13. The molecule has 4 heteroatoms. The average molecular weight is 403 g/mol. The van der Waals surface area contributed by atoms with Gasteiger partial charge in [0.1, 0.15) is 0 Å². The fourth-order valence-electron chi connectivity index (χ4n) is 3.31. The van der Waals surface area contributed by atoms with E-state index >= 15 is 0 Å². The van der Waals surface area contributed by atoms with Crippen LogP contribution >= 0.6 is 0 Å². The Morgan fingerprint density at radius 1 is 0.793 bits per heavy atom. The van der Waals surface area contributed by atoms with Crippen LogP contribution in [0.3, 0.4) is 0 Å². The Morgan fingerprint density at radius 2 is 1.31 bits per heavy atom. The van der Waals surface area contributed by atoms with Crippen molar-refractivity contribution in [2.75, 3.05) is 6.61 Å². The van der Waals surface area contributed by atoms with E-state index in [1.165, 1.54) is 82.8 Å². The number of ether oxygens (including phenoxy) is 1. The van der Waals surface area contributed by atoms with Gasteiger partial charge in [0.2, 0.25) is 0 Å². The van der Waals surface area contributed by atoms with Crippen LogP contribution in [0.5, 0.6) is 0 Å². The summed E-state index contributed by atoms with van der Waals surface area (Å²) < 4.78 is 5.18. The molecule has 0 aliphatic heterocycles. The second kappa shape index (κ2) is 16.8. The zero-order valence-electron chi connectivity index (χ0n) is 18.0. The van der Waals surface area contributed by atoms with Crippen LogP contribution in [0.4, 0.5) is 0 Å². The highest BCUT2D eigenvalue weighted by atomic mass is 16.5. The van der Waals surface area contributed by atoms with Gasteiger partial charge in [0.05, 0.1) is 17.7 Å². The van der Waals surface area contributed by atoms with Gasteiger partial charge in [-0.2, -0.15) is 0 Å². The molecule has 1 aromatic rings. The van der Waals surface area contributed by atoms with E-state index in [1.807, 2.05) is 6.08 Å². The summed E-state index contributed by atoms with van der Waals surface area (Å²) in [5, 5.41) is 9.11. The molecule has 0 bridgehead atoms. The lowest BCUT2D eigenvalue weighted by molar-refractivity contribution is 0.0500. The Hall–Kier alpha value is -2.10. The van der Waals surface area contributed by atoms with E-state index in [2.05, 4.69) is 13.0 Å². The van der Waals surface area contributed by atoms with E-state index in [0.717, 1.165) is 6.42 Å². The van der Waals surface area contributed by atoms with E-state index < -0.39 is 11.9 Å². The molecule has 0 amide bonds. The summed E-state index contributed by atoms with van der Waals surface area (Å²) in [5.74, 6) is -1.70. The molecule has 0 saturated carbocycles. The number of benzene rings is 1. The molecular formula is C25H38O4. The maximum Gasteiger partial charge on any atom is 0.339 e. The number of unbranched alkanes of at least 4 members (excludes halogenated alkanes) is 11. The van der Waals surface area contributed by atoms with Crippen molar-refractivity contribution < 1.29 is 19.4 Å². The van der Waals surface area contributed by atoms with Gasteiger partial charge in [-0.3, -0.25) is 0 Å². The number of rotatable bonds is 17. The van der Waals surface area contributed by atoms with Crippen molar-refractivity contribution in [3.8, 4) is 0 Å². The highest BCUT2D eigenvalue weighted by molar-refractivity contribution is 6.02. The van der Waals surface area contributed by atoms with Crippen LogP contribution in [0.25, 0.3) is 0 Å². The van der Waals surface area contributed by atoms with Crippen LogP contribution in [0.2, 0.25) is 0 Å². The fourth-order valence-corrected chi connectivity index (χ4v) is 3.31. The standard InChI is InChI=1S/C25H38O4/c1-2-3-4-5-6-7-8-9-10-11-12-13-14-15-18-21-29-25(28)23-20-17-16-19-22(23)24(26)27/h14-17,19-20H,2-13,18,21H2,1H3,(H,26,27)/b15-14+. The largest absolute Gasteiger partial charge is 0.478 e. The third-order valence-electron chi connectivity index (χ3n) is 5.04. The predicted molar refractivity (Wildman–Crippen MR) is 119 cm³/mol. The summed E-state index contributed by atoms with van der Waals surface area (Å²) in [4.78, 5) is 23.1. The van der Waals surface area contributed by atoms with Crippen molar-refractivity contribution >= 4 is 11.9 Å². The topological polar surface area (TPSA) is 63.6 Å². The van der Waals surface area contributed by atoms with Crippen LogP contribution in [-0.2, 0) is 4.74 Å². The zero-order chi connectivity index (χ0) is 21.2. The Bertz CT molecular complexity index is 607. The number of carbonyl (C=O) groups is 2. The van der Waals surface area contributed by atoms with Crippen LogP contribution in [0.15, 0.2) is 36.4 Å². The summed E-state index contributed by atoms with van der Waals surface area (Å²) >= 11 is 0. The third-order valence-corrected chi connectivity index (χ3v) is 5.04. The Morgan fingerprint density at radius 3 is 1.90 bits per heavy atom. The van der Waals surface area contributed by atoms with Crippen molar-refractivity contribution in [2.45, 2.75) is 90.4 Å². The molecule has 0 aliphatic rings. The van der Waals surface area contributed by atoms with E-state index in [0.29, 0.717) is 6.42 Å². The lowest BCUT2D eigenvalue weighted by Gasteiger charge is -2.05. The maximum absolute atomic E-state index is 12.0. The maximum atomic E-state index is 12.0. The smallest absolute Gasteiger partial charge is 0.339 e. The molecular weight excluding hydrogens is 364 g/mol. The summed E-state index contributed by atoms with van der Waals surface area (Å²) in [5.41, 5.74) is 0.0782. The first kappa shape index (κ1) is 24.9. The molecule has 0 radical (unpaired) electrons. The first-order valence-electron chi connectivity index (χ1n) is 11.3. The first-order chi connectivity index (χ1) is 14.2. The minimum absolute atomic E-state index is 0.0236. The van der Waals surface area contributed by atoms with Crippen molar-refractivity contribution in [2.24, 2.45) is 0 Å². The molecule has 1 N–H and O–H groups in total. The van der Waals surface area contributed by atoms with Crippen LogP contribution < -0.4 is 0 Å². The van der Waals surface area contributed by atoms with Crippen molar-refractivity contribution in [3.63, 3.8) is 0 Å². The fraction of sp³-hybridized carbons (Fsp3) is 0.600. The molecule has 0 heterocycles. The number of carbonyl (C=O) groups excluding carboxylic acids is 1. The van der Waals surface area contributed by atoms with Gasteiger partial charge in [-0.1, -0.05) is 95.4 Å². The number of carboxylic acids is 1. The average Bonchev–Trinajstić information content (AvgIpc) is 2.73. The monoisotopic (exact) mass is 402 g/mol. The third kappa shape index (κ3) is 12.1. The molecule has 0 saturated heterocycles. The first-order valence-corrected chi connectivity index (χ1v) is 11.3. The molecule has 0 aliphatic carbocycles. The van der Waals surface area contributed by atoms with Gasteiger partial charge in [-0.25, -0.2) is 9.59 Å². The van der Waals surface area contributed by atoms with E-state index in [1.54, 1.807) is 12.1 Å². The Kier molecular flexibility index (Phi) is 14.5. The summed E-state index contributed by atoms with van der Waals surface area (Å²) in [7, 11) is 0. The summed E-state index contributed by atoms with van der Waals surface area (Å²) in [6.07, 6.45) is 20.7. The number of aromatic carboxylic acids is 1. The second-order valence-corrected chi connectivity index (χ2v) is 7.57. The molecule has 4 nitrogen and oxygen atoms in total. The van der Waals surface area contributed by atoms with Gasteiger partial charge in [0, 0.05) is 0 Å². The SMILES string of the molecule is CCCCCCCCCCCCC/C=C/CCOC(=O)c1ccccc1C(=O)O. The van der Waals surface area contributed by atoms with E-state index in [4.69, 9.17) is 9.84 Å². The number of hydrogen-bond donors (Lipinski definition) is 1. The van der Waals surface area contributed by atoms with Crippen molar-refractivity contribution in [1.29, 1.82) is 0 Å². The normalized spacial score (nSPS) is 11.1.